The summed E-state index contributed by atoms with van der Waals surface area (Å²) in [5.74, 6) is -0.782. The highest BCUT2D eigenvalue weighted by Gasteiger charge is 2.20. The van der Waals surface area contributed by atoms with Gasteiger partial charge in [-0.1, -0.05) is 11.6 Å². The Morgan fingerprint density at radius 1 is 1.29 bits per heavy atom. The van der Waals surface area contributed by atoms with Crippen molar-refractivity contribution in [2.75, 3.05) is 18.1 Å². The van der Waals surface area contributed by atoms with Crippen molar-refractivity contribution in [1.82, 2.24) is 4.72 Å². The molecule has 0 aliphatic heterocycles. The molecule has 1 aromatic heterocycles. The van der Waals surface area contributed by atoms with Crippen molar-refractivity contribution in [1.29, 1.82) is 0 Å². The van der Waals surface area contributed by atoms with Crippen LogP contribution in [-0.2, 0) is 10.0 Å². The van der Waals surface area contributed by atoms with Crippen molar-refractivity contribution in [2.24, 2.45) is 0 Å². The molecule has 7 nitrogen and oxygen atoms in total. The van der Waals surface area contributed by atoms with Crippen molar-refractivity contribution in [3.05, 3.63) is 41.1 Å². The van der Waals surface area contributed by atoms with Crippen LogP contribution in [0.15, 0.2) is 39.8 Å². The number of hydrogen-bond donors (Lipinski definition) is 3. The molecule has 0 aliphatic rings. The number of furan rings is 1. The van der Waals surface area contributed by atoms with E-state index in [0.717, 1.165) is 0 Å². The zero-order chi connectivity index (χ0) is 15.6. The lowest BCUT2D eigenvalue weighted by Crippen LogP contribution is -2.18. The first-order chi connectivity index (χ1) is 9.83. The third-order valence-corrected chi connectivity index (χ3v) is 4.18. The molecule has 0 spiro atoms. The lowest BCUT2D eigenvalue weighted by Gasteiger charge is -2.06. The molecule has 0 radical (unpaired) electrons. The fourth-order valence-corrected chi connectivity index (χ4v) is 2.39. The van der Waals surface area contributed by atoms with Gasteiger partial charge in [0.1, 0.15) is 0 Å². The van der Waals surface area contributed by atoms with Crippen LogP contribution in [0, 0.1) is 0 Å². The van der Waals surface area contributed by atoms with Crippen molar-refractivity contribution < 1.29 is 17.6 Å². The van der Waals surface area contributed by atoms with Crippen LogP contribution in [0.2, 0.25) is 5.02 Å². The summed E-state index contributed by atoms with van der Waals surface area (Å²) in [5.41, 5.74) is 6.34. The Morgan fingerprint density at radius 3 is 2.62 bits per heavy atom. The fraction of sp³-hybridized carbons (Fsp3) is 0.0833. The molecule has 1 amide bonds. The van der Waals surface area contributed by atoms with Crippen LogP contribution in [0.25, 0.3) is 0 Å². The fourth-order valence-electron chi connectivity index (χ4n) is 1.50. The number of anilines is 2. The molecular formula is C12H12ClN3O4S. The van der Waals surface area contributed by atoms with E-state index in [1.54, 1.807) is 6.07 Å². The topological polar surface area (TPSA) is 114 Å². The summed E-state index contributed by atoms with van der Waals surface area (Å²) in [7, 11) is -2.49. The van der Waals surface area contributed by atoms with Crippen molar-refractivity contribution in [3.63, 3.8) is 0 Å². The molecule has 4 N–H and O–H groups in total. The lowest BCUT2D eigenvalue weighted by atomic mass is 10.3. The summed E-state index contributed by atoms with van der Waals surface area (Å²) in [6, 6.07) is 7.02. The van der Waals surface area contributed by atoms with Gasteiger partial charge in [0.15, 0.2) is 5.76 Å². The number of halogens is 1. The molecule has 112 valence electrons. The van der Waals surface area contributed by atoms with Crippen LogP contribution in [0.3, 0.4) is 0 Å². The monoisotopic (exact) mass is 329 g/mol. The van der Waals surface area contributed by atoms with E-state index in [1.807, 2.05) is 0 Å². The van der Waals surface area contributed by atoms with Crippen LogP contribution in [0.5, 0.6) is 0 Å². The van der Waals surface area contributed by atoms with Gasteiger partial charge in [-0.25, -0.2) is 13.1 Å². The van der Waals surface area contributed by atoms with Crippen molar-refractivity contribution in [3.8, 4) is 0 Å². The first-order valence-corrected chi connectivity index (χ1v) is 7.59. The largest absolute Gasteiger partial charge is 0.438 e. The maximum absolute atomic E-state index is 12.0. The number of hydrogen-bond acceptors (Lipinski definition) is 5. The molecule has 0 unspecified atom stereocenters. The highest BCUT2D eigenvalue weighted by Crippen LogP contribution is 2.25. The zero-order valence-corrected chi connectivity index (χ0v) is 12.5. The Balaban J connectivity index is 2.22. The quantitative estimate of drug-likeness (QED) is 0.738. The second-order valence-electron chi connectivity index (χ2n) is 4.02. The number of carbonyl (C=O) groups excluding carboxylic acids is 1. The predicted molar refractivity (Wildman–Crippen MR) is 78.8 cm³/mol. The highest BCUT2D eigenvalue weighted by molar-refractivity contribution is 7.89. The maximum Gasteiger partial charge on any atom is 0.291 e. The molecule has 21 heavy (non-hydrogen) atoms. The van der Waals surface area contributed by atoms with Crippen LogP contribution < -0.4 is 15.8 Å². The summed E-state index contributed by atoms with van der Waals surface area (Å²) < 4.78 is 30.1. The second-order valence-corrected chi connectivity index (χ2v) is 6.24. The minimum Gasteiger partial charge on any atom is -0.438 e. The van der Waals surface area contributed by atoms with Gasteiger partial charge >= 0.3 is 0 Å². The number of nitrogen functional groups attached to an aromatic ring is 1. The van der Waals surface area contributed by atoms with E-state index in [-0.39, 0.29) is 15.9 Å². The second kappa shape index (κ2) is 5.76. The average Bonchev–Trinajstić information content (AvgIpc) is 2.92. The van der Waals surface area contributed by atoms with Gasteiger partial charge in [-0.15, -0.1) is 0 Å². The molecule has 9 heteroatoms. The zero-order valence-electron chi connectivity index (χ0n) is 10.9. The molecule has 0 saturated heterocycles. The molecule has 2 aromatic rings. The molecule has 0 bridgehead atoms. The van der Waals surface area contributed by atoms with Crippen LogP contribution >= 0.6 is 11.6 Å². The summed E-state index contributed by atoms with van der Waals surface area (Å²) in [5, 5.41) is 2.41. The lowest BCUT2D eigenvalue weighted by molar-refractivity contribution is 0.0991. The number of benzene rings is 1. The molecule has 0 saturated carbocycles. The van der Waals surface area contributed by atoms with E-state index in [0.29, 0.717) is 11.4 Å². The number of rotatable bonds is 4. The molecule has 0 fully saturated rings. The number of carbonyl (C=O) groups is 1. The molecular weight excluding hydrogens is 318 g/mol. The standard InChI is InChI=1S/C12H12ClN3O4S/c1-15-21(18,19)11-5-4-10(20-11)12(17)16-9-3-2-7(14)6-8(9)13/h2-6,15H,14H2,1H3,(H,16,17). The summed E-state index contributed by atoms with van der Waals surface area (Å²) >= 11 is 5.93. The first kappa shape index (κ1) is 15.4. The Bertz CT molecular complexity index is 786. The smallest absolute Gasteiger partial charge is 0.291 e. The van der Waals surface area contributed by atoms with Gasteiger partial charge in [0.05, 0.1) is 10.7 Å². The van der Waals surface area contributed by atoms with Crippen LogP contribution in [0.1, 0.15) is 10.6 Å². The van der Waals surface area contributed by atoms with Crippen molar-refractivity contribution in [2.45, 2.75) is 5.09 Å². The molecule has 2 rings (SSSR count). The summed E-state index contributed by atoms with van der Waals surface area (Å²) in [4.78, 5) is 12.0. The Kier molecular flexibility index (Phi) is 4.21. The van der Waals surface area contributed by atoms with E-state index < -0.39 is 15.9 Å². The highest BCUT2D eigenvalue weighted by atomic mass is 35.5. The van der Waals surface area contributed by atoms with Gasteiger partial charge < -0.3 is 15.5 Å². The molecule has 1 aromatic carbocycles. The minimum absolute atomic E-state index is 0.156. The third-order valence-electron chi connectivity index (χ3n) is 2.58. The number of nitrogens with one attached hydrogen (secondary N) is 2. The minimum atomic E-state index is -3.74. The van der Waals surface area contributed by atoms with E-state index in [4.69, 9.17) is 21.8 Å². The van der Waals surface area contributed by atoms with Crippen LogP contribution in [-0.4, -0.2) is 21.4 Å². The third kappa shape index (κ3) is 3.35. The number of amides is 1. The van der Waals surface area contributed by atoms with Gasteiger partial charge in [-0.3, -0.25) is 4.79 Å². The normalized spacial score (nSPS) is 11.3. The van der Waals surface area contributed by atoms with E-state index >= 15 is 0 Å². The van der Waals surface area contributed by atoms with E-state index in [1.165, 1.54) is 31.3 Å². The van der Waals surface area contributed by atoms with Gasteiger partial charge in [0.25, 0.3) is 15.9 Å². The number of nitrogens with two attached hydrogens (primary N) is 1. The van der Waals surface area contributed by atoms with Gasteiger partial charge in [0, 0.05) is 5.69 Å². The first-order valence-electron chi connectivity index (χ1n) is 5.73. The maximum atomic E-state index is 12.0. The van der Waals surface area contributed by atoms with E-state index in [2.05, 4.69) is 10.0 Å². The van der Waals surface area contributed by atoms with E-state index in [9.17, 15) is 13.2 Å². The predicted octanol–water partition coefficient (Wildman–Crippen LogP) is 1.68. The summed E-state index contributed by atoms with van der Waals surface area (Å²) in [6.07, 6.45) is 0. The Morgan fingerprint density at radius 2 is 2.00 bits per heavy atom. The Hall–Kier alpha value is -2.03. The van der Waals surface area contributed by atoms with Gasteiger partial charge in [-0.2, -0.15) is 0 Å². The van der Waals surface area contributed by atoms with Gasteiger partial charge in [-0.05, 0) is 37.4 Å². The van der Waals surface area contributed by atoms with Crippen molar-refractivity contribution >= 4 is 38.9 Å². The van der Waals surface area contributed by atoms with Crippen LogP contribution in [0.4, 0.5) is 11.4 Å². The Labute approximate surface area is 126 Å². The molecule has 1 heterocycles. The van der Waals surface area contributed by atoms with Gasteiger partial charge in [0.2, 0.25) is 5.09 Å². The average molecular weight is 330 g/mol. The molecule has 0 aliphatic carbocycles. The number of sulfonamides is 1. The SMILES string of the molecule is CNS(=O)(=O)c1ccc(C(=O)Nc2ccc(N)cc2Cl)o1. The molecule has 0 atom stereocenters. The summed E-state index contributed by atoms with van der Waals surface area (Å²) in [6.45, 7) is 0.